The van der Waals surface area contributed by atoms with E-state index >= 15 is 0 Å². The zero-order valence-electron chi connectivity index (χ0n) is 14.5. The number of rotatable bonds is 3. The van der Waals surface area contributed by atoms with E-state index in [-0.39, 0.29) is 5.91 Å². The molecule has 1 aromatic carbocycles. The van der Waals surface area contributed by atoms with Gasteiger partial charge in [-0.05, 0) is 56.3 Å². The van der Waals surface area contributed by atoms with Crippen LogP contribution >= 0.6 is 0 Å². The van der Waals surface area contributed by atoms with Crippen LogP contribution in [0.2, 0.25) is 0 Å². The normalized spacial score (nSPS) is 15.4. The van der Waals surface area contributed by atoms with Crippen LogP contribution in [0.5, 0.6) is 0 Å². The molecule has 0 unspecified atom stereocenters. The van der Waals surface area contributed by atoms with Gasteiger partial charge >= 0.3 is 0 Å². The van der Waals surface area contributed by atoms with Gasteiger partial charge in [-0.1, -0.05) is 6.07 Å². The van der Waals surface area contributed by atoms with E-state index in [4.69, 9.17) is 0 Å². The molecular weight excluding hydrogens is 300 g/mol. The van der Waals surface area contributed by atoms with E-state index in [0.717, 1.165) is 48.7 Å². The summed E-state index contributed by atoms with van der Waals surface area (Å²) in [5.41, 5.74) is 4.58. The Bertz CT molecular complexity index is 716. The maximum Gasteiger partial charge on any atom is 0.274 e. The Labute approximate surface area is 143 Å². The van der Waals surface area contributed by atoms with Crippen LogP contribution in [0, 0.1) is 13.8 Å². The lowest BCUT2D eigenvalue weighted by atomic mass is 10.1. The fourth-order valence-corrected chi connectivity index (χ4v) is 3.05. The lowest BCUT2D eigenvalue weighted by molar-refractivity contribution is 0.102. The second kappa shape index (κ2) is 7.01. The number of anilines is 2. The molecule has 0 saturated carbocycles. The number of piperazine rings is 1. The maximum absolute atomic E-state index is 12.5. The minimum absolute atomic E-state index is 0.170. The quantitative estimate of drug-likeness (QED) is 0.943. The Hall–Kier alpha value is -2.40. The van der Waals surface area contributed by atoms with Gasteiger partial charge in [0, 0.05) is 43.8 Å². The van der Waals surface area contributed by atoms with Gasteiger partial charge in [-0.15, -0.1) is 0 Å². The molecule has 1 fully saturated rings. The molecule has 2 aromatic rings. The number of benzene rings is 1. The number of amides is 1. The molecule has 24 heavy (non-hydrogen) atoms. The van der Waals surface area contributed by atoms with E-state index in [0.29, 0.717) is 5.69 Å². The summed E-state index contributed by atoms with van der Waals surface area (Å²) in [4.78, 5) is 21.4. The van der Waals surface area contributed by atoms with Crippen molar-refractivity contribution in [3.63, 3.8) is 0 Å². The Kier molecular flexibility index (Phi) is 4.81. The second-order valence-corrected chi connectivity index (χ2v) is 6.52. The number of carbonyl (C=O) groups excluding carboxylic acids is 1. The molecule has 1 saturated heterocycles. The van der Waals surface area contributed by atoms with Gasteiger partial charge in [-0.3, -0.25) is 9.78 Å². The first-order valence-corrected chi connectivity index (χ1v) is 8.30. The molecule has 2 heterocycles. The molecule has 126 valence electrons. The SMILES string of the molecule is Cc1cc(C)cc(NC(=O)c2cc(N3CCN(C)CC3)ccn2)c1. The third-order valence-corrected chi connectivity index (χ3v) is 4.32. The van der Waals surface area contributed by atoms with Gasteiger partial charge in [-0.25, -0.2) is 0 Å². The van der Waals surface area contributed by atoms with E-state index in [1.54, 1.807) is 6.20 Å². The van der Waals surface area contributed by atoms with Crippen molar-refractivity contribution in [3.8, 4) is 0 Å². The molecule has 1 aromatic heterocycles. The van der Waals surface area contributed by atoms with E-state index in [1.165, 1.54) is 0 Å². The number of pyridine rings is 1. The first kappa shape index (κ1) is 16.5. The van der Waals surface area contributed by atoms with Crippen molar-refractivity contribution >= 4 is 17.3 Å². The molecule has 5 heteroatoms. The van der Waals surface area contributed by atoms with Crippen LogP contribution in [0.1, 0.15) is 21.6 Å². The van der Waals surface area contributed by atoms with Crippen LogP contribution < -0.4 is 10.2 Å². The zero-order chi connectivity index (χ0) is 17.1. The van der Waals surface area contributed by atoms with E-state index < -0.39 is 0 Å². The van der Waals surface area contributed by atoms with Crippen molar-refractivity contribution in [1.82, 2.24) is 9.88 Å². The number of likely N-dealkylation sites (N-methyl/N-ethyl adjacent to an activating group) is 1. The molecule has 1 aliphatic heterocycles. The van der Waals surface area contributed by atoms with Crippen molar-refractivity contribution in [3.05, 3.63) is 53.3 Å². The fourth-order valence-electron chi connectivity index (χ4n) is 3.05. The number of nitrogens with zero attached hydrogens (tertiary/aromatic N) is 3. The van der Waals surface area contributed by atoms with Crippen LogP contribution in [0.25, 0.3) is 0 Å². The number of aryl methyl sites for hydroxylation is 2. The smallest absolute Gasteiger partial charge is 0.274 e. The third-order valence-electron chi connectivity index (χ3n) is 4.32. The molecule has 1 amide bonds. The summed E-state index contributed by atoms with van der Waals surface area (Å²) in [6.45, 7) is 8.06. The molecule has 3 rings (SSSR count). The molecule has 0 bridgehead atoms. The van der Waals surface area contributed by atoms with Crippen LogP contribution in [0.15, 0.2) is 36.5 Å². The minimum Gasteiger partial charge on any atom is -0.369 e. The van der Waals surface area contributed by atoms with Gasteiger partial charge in [0.15, 0.2) is 0 Å². The topological polar surface area (TPSA) is 48.5 Å². The van der Waals surface area contributed by atoms with Crippen LogP contribution in [-0.2, 0) is 0 Å². The summed E-state index contributed by atoms with van der Waals surface area (Å²) < 4.78 is 0. The number of carbonyl (C=O) groups is 1. The Balaban J connectivity index is 1.74. The van der Waals surface area contributed by atoms with Gasteiger partial charge in [0.1, 0.15) is 5.69 Å². The highest BCUT2D eigenvalue weighted by molar-refractivity contribution is 6.03. The van der Waals surface area contributed by atoms with Crippen molar-refractivity contribution < 1.29 is 4.79 Å². The minimum atomic E-state index is -0.170. The highest BCUT2D eigenvalue weighted by Gasteiger charge is 2.16. The summed E-state index contributed by atoms with van der Waals surface area (Å²) in [6, 6.07) is 9.87. The second-order valence-electron chi connectivity index (χ2n) is 6.52. The summed E-state index contributed by atoms with van der Waals surface area (Å²) >= 11 is 0. The van der Waals surface area contributed by atoms with Crippen LogP contribution in [0.3, 0.4) is 0 Å². The number of hydrogen-bond donors (Lipinski definition) is 1. The molecule has 5 nitrogen and oxygen atoms in total. The Morgan fingerprint density at radius 3 is 2.38 bits per heavy atom. The molecule has 0 aliphatic carbocycles. The average molecular weight is 324 g/mol. The van der Waals surface area contributed by atoms with Crippen molar-refractivity contribution in [2.24, 2.45) is 0 Å². The van der Waals surface area contributed by atoms with Crippen molar-refractivity contribution in [1.29, 1.82) is 0 Å². The monoisotopic (exact) mass is 324 g/mol. The summed E-state index contributed by atoms with van der Waals surface area (Å²) in [7, 11) is 2.13. The van der Waals surface area contributed by atoms with Gasteiger partial charge in [0.05, 0.1) is 0 Å². The third kappa shape index (κ3) is 3.92. The predicted molar refractivity (Wildman–Crippen MR) is 97.8 cm³/mol. The van der Waals surface area contributed by atoms with E-state index in [2.05, 4.69) is 33.2 Å². The Morgan fingerprint density at radius 2 is 1.71 bits per heavy atom. The Morgan fingerprint density at radius 1 is 1.04 bits per heavy atom. The summed E-state index contributed by atoms with van der Waals surface area (Å²) in [5, 5.41) is 2.95. The zero-order valence-corrected chi connectivity index (χ0v) is 14.5. The van der Waals surface area contributed by atoms with E-state index in [9.17, 15) is 4.79 Å². The highest BCUT2D eigenvalue weighted by atomic mass is 16.1. The van der Waals surface area contributed by atoms with Crippen molar-refractivity contribution in [2.75, 3.05) is 43.4 Å². The standard InChI is InChI=1S/C19H24N4O/c1-14-10-15(2)12-16(11-14)21-19(24)18-13-17(4-5-20-18)23-8-6-22(3)7-9-23/h4-5,10-13H,6-9H2,1-3H3,(H,21,24). The first-order chi connectivity index (χ1) is 11.5. The van der Waals surface area contributed by atoms with Crippen LogP contribution in [-0.4, -0.2) is 49.0 Å². The number of aromatic nitrogens is 1. The molecular formula is C19H24N4O. The fraction of sp³-hybridized carbons (Fsp3) is 0.368. The summed E-state index contributed by atoms with van der Waals surface area (Å²) in [6.07, 6.45) is 1.71. The summed E-state index contributed by atoms with van der Waals surface area (Å²) in [5.74, 6) is -0.170. The van der Waals surface area contributed by atoms with Gasteiger partial charge < -0.3 is 15.1 Å². The molecule has 0 radical (unpaired) electrons. The molecule has 0 atom stereocenters. The number of hydrogen-bond acceptors (Lipinski definition) is 4. The first-order valence-electron chi connectivity index (χ1n) is 8.30. The van der Waals surface area contributed by atoms with Gasteiger partial charge in [-0.2, -0.15) is 0 Å². The predicted octanol–water partition coefficient (Wildman–Crippen LogP) is 2.70. The van der Waals surface area contributed by atoms with Gasteiger partial charge in [0.25, 0.3) is 5.91 Å². The lowest BCUT2D eigenvalue weighted by Gasteiger charge is -2.34. The molecule has 0 spiro atoms. The average Bonchev–Trinajstić information content (AvgIpc) is 2.54. The maximum atomic E-state index is 12.5. The van der Waals surface area contributed by atoms with Crippen molar-refractivity contribution in [2.45, 2.75) is 13.8 Å². The van der Waals surface area contributed by atoms with Gasteiger partial charge in [0.2, 0.25) is 0 Å². The molecule has 1 aliphatic rings. The largest absolute Gasteiger partial charge is 0.369 e. The van der Waals surface area contributed by atoms with E-state index in [1.807, 2.05) is 38.1 Å². The molecule has 1 N–H and O–H groups in total. The van der Waals surface area contributed by atoms with Crippen LogP contribution in [0.4, 0.5) is 11.4 Å². The highest BCUT2D eigenvalue weighted by Crippen LogP contribution is 2.18. The number of nitrogens with one attached hydrogen (secondary N) is 1. The lowest BCUT2D eigenvalue weighted by Crippen LogP contribution is -2.44.